The summed E-state index contributed by atoms with van der Waals surface area (Å²) in [7, 11) is -3.81. The van der Waals surface area contributed by atoms with Crippen molar-refractivity contribution in [2.45, 2.75) is 30.7 Å². The Bertz CT molecular complexity index is 769. The molecule has 1 atom stereocenters. The Balaban J connectivity index is 2.14. The summed E-state index contributed by atoms with van der Waals surface area (Å²) in [6.45, 7) is 3.54. The average Bonchev–Trinajstić information content (AvgIpc) is 2.99. The Morgan fingerprint density at radius 3 is 2.48 bits per heavy atom. The van der Waals surface area contributed by atoms with Gasteiger partial charge in [-0.2, -0.15) is 5.10 Å². The van der Waals surface area contributed by atoms with Crippen LogP contribution in [0.5, 0.6) is 0 Å². The minimum Gasteiger partial charge on any atom is -0.481 e. The summed E-state index contributed by atoms with van der Waals surface area (Å²) < 4.78 is 28.4. The van der Waals surface area contributed by atoms with Gasteiger partial charge in [0.1, 0.15) is 4.90 Å². The number of carboxylic acids is 1. The van der Waals surface area contributed by atoms with E-state index in [2.05, 4.69) is 9.82 Å². The second-order valence-electron chi connectivity index (χ2n) is 5.40. The lowest BCUT2D eigenvalue weighted by Crippen LogP contribution is -2.31. The van der Waals surface area contributed by atoms with E-state index in [1.807, 2.05) is 13.8 Å². The summed E-state index contributed by atoms with van der Waals surface area (Å²) >= 11 is 0. The van der Waals surface area contributed by atoms with E-state index in [1.165, 1.54) is 17.1 Å². The van der Waals surface area contributed by atoms with E-state index in [0.29, 0.717) is 5.56 Å². The molecule has 2 aromatic rings. The monoisotopic (exact) mass is 337 g/mol. The second kappa shape index (κ2) is 6.93. The first-order valence-electron chi connectivity index (χ1n) is 7.13. The van der Waals surface area contributed by atoms with Gasteiger partial charge in [0.15, 0.2) is 0 Å². The van der Waals surface area contributed by atoms with Gasteiger partial charge < -0.3 is 5.11 Å². The second-order valence-corrected chi connectivity index (χ2v) is 7.17. The van der Waals surface area contributed by atoms with Gasteiger partial charge in [-0.15, -0.1) is 0 Å². The predicted molar refractivity (Wildman–Crippen MR) is 84.6 cm³/mol. The lowest BCUT2D eigenvalue weighted by atomic mass is 10.00. The van der Waals surface area contributed by atoms with Crippen LogP contribution >= 0.6 is 0 Å². The maximum absolute atomic E-state index is 12.3. The van der Waals surface area contributed by atoms with Crippen molar-refractivity contribution >= 4 is 16.0 Å². The fourth-order valence-electron chi connectivity index (χ4n) is 2.05. The normalized spacial score (nSPS) is 13.2. The molecule has 1 aromatic carbocycles. The topological polar surface area (TPSA) is 101 Å². The van der Waals surface area contributed by atoms with Gasteiger partial charge in [-0.25, -0.2) is 13.1 Å². The number of hydrogen-bond acceptors (Lipinski definition) is 4. The largest absolute Gasteiger partial charge is 0.481 e. The first-order valence-corrected chi connectivity index (χ1v) is 8.61. The van der Waals surface area contributed by atoms with Gasteiger partial charge in [0.2, 0.25) is 10.0 Å². The van der Waals surface area contributed by atoms with Crippen LogP contribution in [0.1, 0.15) is 31.4 Å². The number of carbonyl (C=O) groups is 1. The van der Waals surface area contributed by atoms with Crippen LogP contribution in [0.4, 0.5) is 0 Å². The summed E-state index contributed by atoms with van der Waals surface area (Å²) in [5.41, 5.74) is 0.542. The highest BCUT2D eigenvalue weighted by Gasteiger charge is 2.24. The van der Waals surface area contributed by atoms with Crippen molar-refractivity contribution in [1.82, 2.24) is 14.5 Å². The molecule has 124 valence electrons. The van der Waals surface area contributed by atoms with Crippen LogP contribution in [0.2, 0.25) is 0 Å². The van der Waals surface area contributed by atoms with E-state index >= 15 is 0 Å². The SMILES string of the molecule is CC(C)n1cc(S(=O)(=O)NCC(C(=O)O)c2ccccc2)cn1. The Kier molecular flexibility index (Phi) is 5.17. The van der Waals surface area contributed by atoms with Crippen LogP contribution < -0.4 is 4.72 Å². The number of aromatic nitrogens is 2. The van der Waals surface area contributed by atoms with Crippen LogP contribution in [0.15, 0.2) is 47.6 Å². The van der Waals surface area contributed by atoms with Crippen LogP contribution in [0, 0.1) is 0 Å². The van der Waals surface area contributed by atoms with Gasteiger partial charge in [0, 0.05) is 18.8 Å². The zero-order valence-electron chi connectivity index (χ0n) is 12.9. The standard InChI is InChI=1S/C15H19N3O4S/c1-11(2)18-10-13(8-16-18)23(21,22)17-9-14(15(19)20)12-6-4-3-5-7-12/h3-8,10-11,14,17H,9H2,1-2H3,(H,19,20). The average molecular weight is 337 g/mol. The van der Waals surface area contributed by atoms with Gasteiger partial charge in [-0.3, -0.25) is 9.48 Å². The molecule has 0 aliphatic rings. The molecule has 0 aliphatic carbocycles. The van der Waals surface area contributed by atoms with Crippen LogP contribution in [-0.4, -0.2) is 35.8 Å². The molecule has 0 amide bonds. The molecule has 0 aliphatic heterocycles. The van der Waals surface area contributed by atoms with Crippen molar-refractivity contribution in [3.63, 3.8) is 0 Å². The van der Waals surface area contributed by atoms with Crippen LogP contribution in [0.3, 0.4) is 0 Å². The highest BCUT2D eigenvalue weighted by atomic mass is 32.2. The van der Waals surface area contributed by atoms with E-state index in [0.717, 1.165) is 0 Å². The van der Waals surface area contributed by atoms with Gasteiger partial charge in [-0.05, 0) is 19.4 Å². The van der Waals surface area contributed by atoms with Crippen LogP contribution in [0.25, 0.3) is 0 Å². The Hall–Kier alpha value is -2.19. The van der Waals surface area contributed by atoms with E-state index in [-0.39, 0.29) is 17.5 Å². The molecular weight excluding hydrogens is 318 g/mol. The number of nitrogens with zero attached hydrogens (tertiary/aromatic N) is 2. The van der Waals surface area contributed by atoms with E-state index in [1.54, 1.807) is 30.3 Å². The predicted octanol–water partition coefficient (Wildman–Crippen LogP) is 1.61. The van der Waals surface area contributed by atoms with Gasteiger partial charge in [0.25, 0.3) is 0 Å². The molecule has 23 heavy (non-hydrogen) atoms. The quantitative estimate of drug-likeness (QED) is 0.799. The van der Waals surface area contributed by atoms with E-state index in [9.17, 15) is 18.3 Å². The lowest BCUT2D eigenvalue weighted by Gasteiger charge is -2.13. The van der Waals surface area contributed by atoms with Crippen molar-refractivity contribution in [2.24, 2.45) is 0 Å². The molecule has 0 saturated heterocycles. The maximum atomic E-state index is 12.3. The molecule has 1 heterocycles. The molecular formula is C15H19N3O4S. The number of benzene rings is 1. The molecule has 1 aromatic heterocycles. The summed E-state index contributed by atoms with van der Waals surface area (Å²) in [5.74, 6) is -2.04. The number of rotatable bonds is 7. The smallest absolute Gasteiger partial charge is 0.312 e. The Morgan fingerprint density at radius 1 is 1.30 bits per heavy atom. The Morgan fingerprint density at radius 2 is 1.96 bits per heavy atom. The molecule has 2 rings (SSSR count). The number of nitrogens with one attached hydrogen (secondary N) is 1. The number of hydrogen-bond donors (Lipinski definition) is 2. The van der Waals surface area contributed by atoms with Crippen molar-refractivity contribution in [1.29, 1.82) is 0 Å². The molecule has 0 bridgehead atoms. The van der Waals surface area contributed by atoms with Gasteiger partial charge in [0.05, 0.1) is 12.1 Å². The number of carboxylic acid groups (broad SMARTS) is 1. The third-order valence-electron chi connectivity index (χ3n) is 3.39. The molecule has 0 fully saturated rings. The third kappa shape index (κ3) is 4.17. The summed E-state index contributed by atoms with van der Waals surface area (Å²) in [6, 6.07) is 8.55. The maximum Gasteiger partial charge on any atom is 0.312 e. The van der Waals surface area contributed by atoms with Crippen molar-refractivity contribution in [2.75, 3.05) is 6.54 Å². The number of aliphatic carboxylic acids is 1. The first-order chi connectivity index (χ1) is 10.8. The Labute approximate surface area is 135 Å². The van der Waals surface area contributed by atoms with Gasteiger partial charge >= 0.3 is 5.97 Å². The number of sulfonamides is 1. The van der Waals surface area contributed by atoms with Crippen molar-refractivity contribution in [3.05, 3.63) is 48.3 Å². The fourth-order valence-corrected chi connectivity index (χ4v) is 3.04. The minimum absolute atomic E-state index is 0.0170. The lowest BCUT2D eigenvalue weighted by molar-refractivity contribution is -0.138. The molecule has 2 N–H and O–H groups in total. The summed E-state index contributed by atoms with van der Waals surface area (Å²) in [4.78, 5) is 11.4. The third-order valence-corrected chi connectivity index (χ3v) is 4.77. The highest BCUT2D eigenvalue weighted by Crippen LogP contribution is 2.17. The van der Waals surface area contributed by atoms with E-state index in [4.69, 9.17) is 0 Å². The van der Waals surface area contributed by atoms with E-state index < -0.39 is 21.9 Å². The minimum atomic E-state index is -3.81. The highest BCUT2D eigenvalue weighted by molar-refractivity contribution is 7.89. The molecule has 7 nitrogen and oxygen atoms in total. The summed E-state index contributed by atoms with van der Waals surface area (Å²) in [6.07, 6.45) is 2.67. The molecule has 8 heteroatoms. The summed E-state index contributed by atoms with van der Waals surface area (Å²) in [5, 5.41) is 13.3. The van der Waals surface area contributed by atoms with Crippen LogP contribution in [-0.2, 0) is 14.8 Å². The molecule has 0 radical (unpaired) electrons. The van der Waals surface area contributed by atoms with Crippen molar-refractivity contribution < 1.29 is 18.3 Å². The first kappa shape index (κ1) is 17.2. The van der Waals surface area contributed by atoms with Crippen molar-refractivity contribution in [3.8, 4) is 0 Å². The van der Waals surface area contributed by atoms with Gasteiger partial charge in [-0.1, -0.05) is 30.3 Å². The molecule has 1 unspecified atom stereocenters. The zero-order valence-corrected chi connectivity index (χ0v) is 13.7. The molecule has 0 saturated carbocycles. The zero-order chi connectivity index (χ0) is 17.0. The molecule has 0 spiro atoms. The fraction of sp³-hybridized carbons (Fsp3) is 0.333.